The first-order valence-electron chi connectivity index (χ1n) is 9.85. The Hall–Kier alpha value is -1.73. The van der Waals surface area contributed by atoms with Crippen molar-refractivity contribution in [3.8, 4) is 0 Å². The van der Waals surface area contributed by atoms with Crippen molar-refractivity contribution in [2.45, 2.75) is 38.6 Å². The second kappa shape index (κ2) is 8.74. The van der Waals surface area contributed by atoms with Crippen molar-refractivity contribution in [2.75, 3.05) is 32.8 Å². The lowest BCUT2D eigenvalue weighted by molar-refractivity contribution is -0.909. The smallest absolute Gasteiger partial charge is 0.241 e. The third-order valence-electron chi connectivity index (χ3n) is 5.76. The largest absolute Gasteiger partial charge is 0.370 e. The Bertz CT molecular complexity index is 894. The molecule has 152 valence electrons. The number of morpholine rings is 1. The third-order valence-corrected chi connectivity index (χ3v) is 7.50. The van der Waals surface area contributed by atoms with Crippen LogP contribution in [0.5, 0.6) is 0 Å². The summed E-state index contributed by atoms with van der Waals surface area (Å²) in [5.74, 6) is 0. The van der Waals surface area contributed by atoms with E-state index in [-0.39, 0.29) is 6.04 Å². The Balaban J connectivity index is 1.96. The van der Waals surface area contributed by atoms with Gasteiger partial charge in [0, 0.05) is 0 Å². The monoisotopic (exact) mass is 403 g/mol. The Morgan fingerprint density at radius 3 is 2.14 bits per heavy atom. The zero-order chi connectivity index (χ0) is 20.3. The highest BCUT2D eigenvalue weighted by Gasteiger charge is 2.29. The fourth-order valence-corrected chi connectivity index (χ4v) is 5.74. The van der Waals surface area contributed by atoms with Gasteiger partial charge in [-0.1, -0.05) is 36.4 Å². The SMILES string of the molecule is Cc1cc(C)c(C)c(S(=O)(=O)N[C@H](C[NH+]2CCOCC2)c2ccccc2)c1C. The van der Waals surface area contributed by atoms with Gasteiger partial charge in [0.2, 0.25) is 10.0 Å². The average molecular weight is 404 g/mol. The van der Waals surface area contributed by atoms with Crippen LogP contribution in [0.15, 0.2) is 41.3 Å². The summed E-state index contributed by atoms with van der Waals surface area (Å²) in [5, 5.41) is 0. The van der Waals surface area contributed by atoms with E-state index in [1.54, 1.807) is 0 Å². The third kappa shape index (κ3) is 4.63. The first kappa shape index (κ1) is 21.0. The van der Waals surface area contributed by atoms with Crippen LogP contribution in [-0.4, -0.2) is 41.3 Å². The van der Waals surface area contributed by atoms with Gasteiger partial charge >= 0.3 is 0 Å². The van der Waals surface area contributed by atoms with E-state index in [1.807, 2.05) is 58.0 Å². The predicted molar refractivity (Wildman–Crippen MR) is 111 cm³/mol. The molecule has 0 unspecified atom stereocenters. The molecule has 1 aliphatic heterocycles. The molecule has 0 aromatic heterocycles. The highest BCUT2D eigenvalue weighted by molar-refractivity contribution is 7.89. The van der Waals surface area contributed by atoms with Gasteiger partial charge in [-0.05, 0) is 55.5 Å². The molecule has 0 saturated carbocycles. The highest BCUT2D eigenvalue weighted by atomic mass is 32.2. The zero-order valence-electron chi connectivity index (χ0n) is 17.2. The number of quaternary nitrogens is 1. The number of ether oxygens (including phenoxy) is 1. The first-order valence-corrected chi connectivity index (χ1v) is 11.3. The molecule has 28 heavy (non-hydrogen) atoms. The summed E-state index contributed by atoms with van der Waals surface area (Å²) in [6, 6.07) is 11.6. The molecule has 0 amide bonds. The molecule has 2 aromatic carbocycles. The van der Waals surface area contributed by atoms with Gasteiger partial charge < -0.3 is 9.64 Å². The number of aryl methyl sites for hydroxylation is 2. The molecule has 0 bridgehead atoms. The minimum atomic E-state index is -3.66. The lowest BCUT2D eigenvalue weighted by atomic mass is 10.0. The second-order valence-corrected chi connectivity index (χ2v) is 9.39. The number of hydrogen-bond donors (Lipinski definition) is 2. The summed E-state index contributed by atoms with van der Waals surface area (Å²) in [6.45, 7) is 11.6. The van der Waals surface area contributed by atoms with Crippen LogP contribution in [0.1, 0.15) is 33.9 Å². The Morgan fingerprint density at radius 2 is 1.57 bits per heavy atom. The maximum Gasteiger partial charge on any atom is 0.241 e. The van der Waals surface area contributed by atoms with Crippen molar-refractivity contribution < 1.29 is 18.1 Å². The van der Waals surface area contributed by atoms with Crippen LogP contribution >= 0.6 is 0 Å². The molecule has 5 nitrogen and oxygen atoms in total. The lowest BCUT2D eigenvalue weighted by Crippen LogP contribution is -3.14. The molecule has 6 heteroatoms. The molecule has 2 N–H and O–H groups in total. The summed E-state index contributed by atoms with van der Waals surface area (Å²) >= 11 is 0. The van der Waals surface area contributed by atoms with Crippen molar-refractivity contribution in [1.82, 2.24) is 4.72 Å². The molecule has 0 spiro atoms. The Kier molecular flexibility index (Phi) is 6.55. The van der Waals surface area contributed by atoms with E-state index in [0.717, 1.165) is 54.1 Å². The molecular weight excluding hydrogens is 372 g/mol. The van der Waals surface area contributed by atoms with E-state index < -0.39 is 10.0 Å². The number of sulfonamides is 1. The van der Waals surface area contributed by atoms with Gasteiger partial charge in [0.1, 0.15) is 13.1 Å². The van der Waals surface area contributed by atoms with Crippen LogP contribution in [0.3, 0.4) is 0 Å². The summed E-state index contributed by atoms with van der Waals surface area (Å²) < 4.78 is 35.4. The molecular formula is C22H31N2O3S+. The molecule has 1 saturated heterocycles. The van der Waals surface area contributed by atoms with Crippen molar-refractivity contribution in [3.05, 3.63) is 64.2 Å². The molecule has 1 fully saturated rings. The normalized spacial score (nSPS) is 16.9. The highest BCUT2D eigenvalue weighted by Crippen LogP contribution is 2.27. The van der Waals surface area contributed by atoms with Gasteiger partial charge in [-0.3, -0.25) is 0 Å². The first-order chi connectivity index (χ1) is 13.3. The van der Waals surface area contributed by atoms with E-state index in [0.29, 0.717) is 11.4 Å². The van der Waals surface area contributed by atoms with Crippen LogP contribution in [0.4, 0.5) is 0 Å². The number of rotatable bonds is 6. The van der Waals surface area contributed by atoms with Gasteiger partial charge in [-0.2, -0.15) is 4.72 Å². The molecule has 0 radical (unpaired) electrons. The number of benzene rings is 2. The van der Waals surface area contributed by atoms with Gasteiger partial charge in [0.05, 0.1) is 30.7 Å². The van der Waals surface area contributed by atoms with E-state index >= 15 is 0 Å². The summed E-state index contributed by atoms with van der Waals surface area (Å²) in [7, 11) is -3.66. The van der Waals surface area contributed by atoms with Crippen molar-refractivity contribution in [2.24, 2.45) is 0 Å². The molecule has 3 rings (SSSR count). The minimum absolute atomic E-state index is 0.279. The van der Waals surface area contributed by atoms with Crippen LogP contribution in [-0.2, 0) is 14.8 Å². The summed E-state index contributed by atoms with van der Waals surface area (Å²) in [6.07, 6.45) is 0. The minimum Gasteiger partial charge on any atom is -0.370 e. The van der Waals surface area contributed by atoms with Crippen LogP contribution in [0, 0.1) is 27.7 Å². The molecule has 2 aromatic rings. The standard InChI is InChI=1S/C22H30N2O3S/c1-16-14-17(2)19(4)22(18(16)3)28(25,26)23-21(20-8-6-5-7-9-20)15-24-10-12-27-13-11-24/h5-9,14,21,23H,10-13,15H2,1-4H3/p+1/t21-/m1/s1. The van der Waals surface area contributed by atoms with E-state index in [4.69, 9.17) is 4.74 Å². The van der Waals surface area contributed by atoms with Crippen molar-refractivity contribution in [3.63, 3.8) is 0 Å². The molecule has 0 aliphatic carbocycles. The number of hydrogen-bond acceptors (Lipinski definition) is 3. The van der Waals surface area contributed by atoms with Gasteiger partial charge in [-0.15, -0.1) is 0 Å². The van der Waals surface area contributed by atoms with Crippen LogP contribution in [0.25, 0.3) is 0 Å². The van der Waals surface area contributed by atoms with E-state index in [9.17, 15) is 8.42 Å². The Labute approximate surface area is 168 Å². The Morgan fingerprint density at radius 1 is 1.00 bits per heavy atom. The fourth-order valence-electron chi connectivity index (χ4n) is 3.90. The molecule has 1 heterocycles. The quantitative estimate of drug-likeness (QED) is 0.774. The maximum absolute atomic E-state index is 13.5. The van der Waals surface area contributed by atoms with Crippen LogP contribution < -0.4 is 9.62 Å². The summed E-state index contributed by atoms with van der Waals surface area (Å²) in [5.41, 5.74) is 4.63. The van der Waals surface area contributed by atoms with Gasteiger partial charge in [0.15, 0.2) is 0 Å². The van der Waals surface area contributed by atoms with E-state index in [2.05, 4.69) is 10.8 Å². The van der Waals surface area contributed by atoms with Crippen molar-refractivity contribution >= 4 is 10.0 Å². The predicted octanol–water partition coefficient (Wildman–Crippen LogP) is 1.85. The van der Waals surface area contributed by atoms with E-state index in [1.165, 1.54) is 4.90 Å². The van der Waals surface area contributed by atoms with Gasteiger partial charge in [-0.25, -0.2) is 8.42 Å². The fraction of sp³-hybridized carbons (Fsp3) is 0.455. The summed E-state index contributed by atoms with van der Waals surface area (Å²) in [4.78, 5) is 1.78. The van der Waals surface area contributed by atoms with Crippen LogP contribution in [0.2, 0.25) is 0 Å². The maximum atomic E-state index is 13.5. The molecule has 1 atom stereocenters. The van der Waals surface area contributed by atoms with Crippen molar-refractivity contribution in [1.29, 1.82) is 0 Å². The number of nitrogens with one attached hydrogen (secondary N) is 2. The molecule has 1 aliphatic rings. The average Bonchev–Trinajstić information content (AvgIpc) is 2.67. The topological polar surface area (TPSA) is 59.8 Å². The van der Waals surface area contributed by atoms with Gasteiger partial charge in [0.25, 0.3) is 0 Å². The lowest BCUT2D eigenvalue weighted by Gasteiger charge is -2.29. The zero-order valence-corrected chi connectivity index (χ0v) is 18.0. The second-order valence-electron chi connectivity index (χ2n) is 7.74.